The highest BCUT2D eigenvalue weighted by atomic mass is 16.7. The van der Waals surface area contributed by atoms with E-state index in [1.165, 1.54) is 0 Å². The van der Waals surface area contributed by atoms with Gasteiger partial charge >= 0.3 is 0 Å². The summed E-state index contributed by atoms with van der Waals surface area (Å²) in [5.41, 5.74) is 1.72. The number of para-hydroxylation sites is 1. The van der Waals surface area contributed by atoms with Crippen LogP contribution in [-0.4, -0.2) is 35.3 Å². The van der Waals surface area contributed by atoms with Crippen LogP contribution in [0.3, 0.4) is 0 Å². The normalized spacial score (nSPS) is 11.0. The highest BCUT2D eigenvalue weighted by Crippen LogP contribution is 2.20. The van der Waals surface area contributed by atoms with Crippen molar-refractivity contribution in [2.45, 2.75) is 26.7 Å². The van der Waals surface area contributed by atoms with Crippen LogP contribution in [0.4, 0.5) is 0 Å². The Labute approximate surface area is 124 Å². The molecule has 2 aromatic rings. The van der Waals surface area contributed by atoms with Crippen LogP contribution in [0.2, 0.25) is 0 Å². The largest absolute Gasteiger partial charge is 0.496 e. The van der Waals surface area contributed by atoms with Gasteiger partial charge in [0.25, 0.3) is 0 Å². The second-order valence-electron chi connectivity index (χ2n) is 4.40. The quantitative estimate of drug-likeness (QED) is 0.699. The first kappa shape index (κ1) is 15.5. The third kappa shape index (κ3) is 4.03. The van der Waals surface area contributed by atoms with Crippen molar-refractivity contribution in [2.75, 3.05) is 20.3 Å². The molecule has 21 heavy (non-hydrogen) atoms. The Kier molecular flexibility index (Phi) is 5.71. The van der Waals surface area contributed by atoms with Crippen LogP contribution in [0.15, 0.2) is 30.5 Å². The Bertz CT molecular complexity index is 551. The van der Waals surface area contributed by atoms with Crippen molar-refractivity contribution < 1.29 is 14.2 Å². The van der Waals surface area contributed by atoms with Crippen molar-refractivity contribution in [3.63, 3.8) is 0 Å². The van der Waals surface area contributed by atoms with Gasteiger partial charge in [0.2, 0.25) is 6.29 Å². The lowest BCUT2D eigenvalue weighted by Gasteiger charge is -2.13. The van der Waals surface area contributed by atoms with Crippen molar-refractivity contribution in [1.82, 2.24) is 15.0 Å². The van der Waals surface area contributed by atoms with Gasteiger partial charge in [-0.2, -0.15) is 0 Å². The van der Waals surface area contributed by atoms with Gasteiger partial charge < -0.3 is 14.2 Å². The van der Waals surface area contributed by atoms with E-state index in [9.17, 15) is 0 Å². The zero-order chi connectivity index (χ0) is 15.1. The van der Waals surface area contributed by atoms with Gasteiger partial charge in [0.05, 0.1) is 19.9 Å². The van der Waals surface area contributed by atoms with Crippen molar-refractivity contribution in [2.24, 2.45) is 0 Å². The molecule has 0 aliphatic heterocycles. The first-order valence-corrected chi connectivity index (χ1v) is 7.03. The topological polar surface area (TPSA) is 58.4 Å². The zero-order valence-electron chi connectivity index (χ0n) is 12.7. The van der Waals surface area contributed by atoms with Gasteiger partial charge in [0.15, 0.2) is 0 Å². The van der Waals surface area contributed by atoms with Crippen LogP contribution < -0.4 is 4.74 Å². The van der Waals surface area contributed by atoms with E-state index in [0.717, 1.165) is 11.3 Å². The molecular weight excluding hydrogens is 270 g/mol. The van der Waals surface area contributed by atoms with Gasteiger partial charge in [-0.25, -0.2) is 4.68 Å². The Hall–Kier alpha value is -1.92. The Morgan fingerprint density at radius 3 is 2.52 bits per heavy atom. The standard InChI is InChI=1S/C15H21N3O3/c1-4-20-15(21-5-2)13-11-18(17-16-13)10-12-8-6-7-9-14(12)19-3/h6-9,11,15H,4-5,10H2,1-3H3. The minimum absolute atomic E-state index is 0.466. The van der Waals surface area contributed by atoms with Gasteiger partial charge in [-0.05, 0) is 19.9 Å². The molecule has 2 rings (SSSR count). The van der Waals surface area contributed by atoms with Crippen molar-refractivity contribution >= 4 is 0 Å². The fraction of sp³-hybridized carbons (Fsp3) is 0.467. The molecule has 1 aromatic heterocycles. The zero-order valence-corrected chi connectivity index (χ0v) is 12.7. The van der Waals surface area contributed by atoms with E-state index < -0.39 is 6.29 Å². The molecule has 0 unspecified atom stereocenters. The van der Waals surface area contributed by atoms with Crippen LogP contribution in [0.5, 0.6) is 5.75 Å². The van der Waals surface area contributed by atoms with Crippen LogP contribution in [0, 0.1) is 0 Å². The summed E-state index contributed by atoms with van der Waals surface area (Å²) >= 11 is 0. The number of aromatic nitrogens is 3. The molecule has 0 saturated carbocycles. The van der Waals surface area contributed by atoms with Gasteiger partial charge in [-0.1, -0.05) is 23.4 Å². The summed E-state index contributed by atoms with van der Waals surface area (Å²) in [5.74, 6) is 0.834. The first-order valence-electron chi connectivity index (χ1n) is 7.03. The summed E-state index contributed by atoms with van der Waals surface area (Å²) in [4.78, 5) is 0. The molecule has 0 fully saturated rings. The minimum Gasteiger partial charge on any atom is -0.496 e. The molecule has 0 bridgehead atoms. The molecule has 1 heterocycles. The molecule has 0 amide bonds. The number of nitrogens with zero attached hydrogens (tertiary/aromatic N) is 3. The van der Waals surface area contributed by atoms with Gasteiger partial charge in [0, 0.05) is 18.8 Å². The van der Waals surface area contributed by atoms with Gasteiger partial charge in [-0.15, -0.1) is 5.10 Å². The lowest BCUT2D eigenvalue weighted by atomic mass is 10.2. The Morgan fingerprint density at radius 1 is 1.14 bits per heavy atom. The lowest BCUT2D eigenvalue weighted by molar-refractivity contribution is -0.142. The number of hydrogen-bond acceptors (Lipinski definition) is 5. The van der Waals surface area contributed by atoms with Crippen LogP contribution in [0.1, 0.15) is 31.4 Å². The maximum absolute atomic E-state index is 5.51. The van der Waals surface area contributed by atoms with Crippen LogP contribution in [0.25, 0.3) is 0 Å². The molecule has 6 nitrogen and oxygen atoms in total. The average Bonchev–Trinajstić information content (AvgIpc) is 2.96. The van der Waals surface area contributed by atoms with E-state index in [1.54, 1.807) is 11.8 Å². The van der Waals surface area contributed by atoms with E-state index in [4.69, 9.17) is 14.2 Å². The van der Waals surface area contributed by atoms with E-state index in [2.05, 4.69) is 10.3 Å². The second kappa shape index (κ2) is 7.75. The molecule has 0 atom stereocenters. The predicted octanol–water partition coefficient (Wildman–Crippen LogP) is 2.41. The van der Waals surface area contributed by atoms with Crippen molar-refractivity contribution in [1.29, 1.82) is 0 Å². The third-order valence-corrected chi connectivity index (χ3v) is 2.96. The fourth-order valence-corrected chi connectivity index (χ4v) is 2.03. The molecule has 0 aliphatic rings. The fourth-order valence-electron chi connectivity index (χ4n) is 2.03. The van der Waals surface area contributed by atoms with Gasteiger partial charge in [-0.3, -0.25) is 0 Å². The molecular formula is C15H21N3O3. The molecule has 0 aliphatic carbocycles. The second-order valence-corrected chi connectivity index (χ2v) is 4.40. The smallest absolute Gasteiger partial charge is 0.204 e. The molecule has 6 heteroatoms. The lowest BCUT2D eigenvalue weighted by Crippen LogP contribution is -2.09. The highest BCUT2D eigenvalue weighted by Gasteiger charge is 2.16. The molecule has 0 N–H and O–H groups in total. The summed E-state index contributed by atoms with van der Waals surface area (Å²) in [6.07, 6.45) is 1.37. The first-order chi connectivity index (χ1) is 10.3. The monoisotopic (exact) mass is 291 g/mol. The van der Waals surface area contributed by atoms with Crippen LogP contribution in [-0.2, 0) is 16.0 Å². The van der Waals surface area contributed by atoms with E-state index in [-0.39, 0.29) is 0 Å². The summed E-state index contributed by atoms with van der Waals surface area (Å²) in [7, 11) is 1.66. The number of hydrogen-bond donors (Lipinski definition) is 0. The van der Waals surface area contributed by atoms with E-state index in [0.29, 0.717) is 25.5 Å². The Balaban J connectivity index is 2.12. The summed E-state index contributed by atoms with van der Waals surface area (Å²) in [6.45, 7) is 5.55. The molecule has 114 valence electrons. The maximum Gasteiger partial charge on any atom is 0.204 e. The maximum atomic E-state index is 5.51. The molecule has 0 saturated heterocycles. The van der Waals surface area contributed by atoms with Gasteiger partial charge in [0.1, 0.15) is 11.4 Å². The SMILES string of the molecule is CCOC(OCC)c1cn(Cc2ccccc2OC)nn1. The third-order valence-electron chi connectivity index (χ3n) is 2.96. The van der Waals surface area contributed by atoms with E-state index in [1.807, 2.05) is 44.3 Å². The summed E-state index contributed by atoms with van der Waals surface area (Å²) in [6, 6.07) is 7.84. The van der Waals surface area contributed by atoms with Crippen molar-refractivity contribution in [3.8, 4) is 5.75 Å². The number of benzene rings is 1. The highest BCUT2D eigenvalue weighted by molar-refractivity contribution is 5.33. The molecule has 0 radical (unpaired) electrons. The summed E-state index contributed by atoms with van der Waals surface area (Å²) < 4.78 is 18.1. The predicted molar refractivity (Wildman–Crippen MR) is 78.1 cm³/mol. The molecule has 0 spiro atoms. The minimum atomic E-state index is -0.466. The van der Waals surface area contributed by atoms with Crippen LogP contribution >= 0.6 is 0 Å². The number of methoxy groups -OCH3 is 1. The van der Waals surface area contributed by atoms with E-state index >= 15 is 0 Å². The summed E-state index contributed by atoms with van der Waals surface area (Å²) in [5, 5.41) is 8.25. The Morgan fingerprint density at radius 2 is 1.86 bits per heavy atom. The number of rotatable bonds is 8. The average molecular weight is 291 g/mol. The number of ether oxygens (including phenoxy) is 3. The van der Waals surface area contributed by atoms with Crippen molar-refractivity contribution in [3.05, 3.63) is 41.7 Å². The molecule has 1 aromatic carbocycles.